The summed E-state index contributed by atoms with van der Waals surface area (Å²) >= 11 is 1.39. The molecule has 2 heterocycles. The number of morpholine rings is 1. The Bertz CT molecular complexity index is 793. The molecule has 1 aliphatic heterocycles. The van der Waals surface area contributed by atoms with Crippen molar-refractivity contribution in [3.05, 3.63) is 53.5 Å². The second-order valence-electron chi connectivity index (χ2n) is 6.31. The minimum Gasteiger partial charge on any atom is -0.478 e. The molecule has 0 radical (unpaired) electrons. The molecule has 1 aromatic heterocycles. The Morgan fingerprint density at radius 1 is 1.15 bits per heavy atom. The van der Waals surface area contributed by atoms with Crippen LogP contribution in [0.3, 0.4) is 0 Å². The number of hydrogen-bond donors (Lipinski definition) is 1. The fourth-order valence-electron chi connectivity index (χ4n) is 3.07. The van der Waals surface area contributed by atoms with Crippen LogP contribution in [0.2, 0.25) is 0 Å². The highest BCUT2D eigenvalue weighted by atomic mass is 32.2. The summed E-state index contributed by atoms with van der Waals surface area (Å²) in [6.45, 7) is 5.04. The van der Waals surface area contributed by atoms with Crippen molar-refractivity contribution >= 4 is 23.6 Å². The average molecular weight is 375 g/mol. The first-order valence-corrected chi connectivity index (χ1v) is 9.40. The van der Waals surface area contributed by atoms with Gasteiger partial charge in [0.25, 0.3) is 5.91 Å². The van der Waals surface area contributed by atoms with Crippen LogP contribution in [0.4, 0.5) is 0 Å². The predicted molar refractivity (Wildman–Crippen MR) is 97.6 cm³/mol. The number of hydrogen-bond acceptors (Lipinski definition) is 5. The van der Waals surface area contributed by atoms with E-state index in [1.807, 2.05) is 36.9 Å². The summed E-state index contributed by atoms with van der Waals surface area (Å²) in [7, 11) is 0. The summed E-state index contributed by atoms with van der Waals surface area (Å²) in [6.07, 6.45) is 1.37. The number of ether oxygens (including phenoxy) is 1. The topological polar surface area (TPSA) is 80.0 Å². The zero-order chi connectivity index (χ0) is 18.7. The molecule has 1 aromatic carbocycles. The van der Waals surface area contributed by atoms with Crippen LogP contribution in [0.5, 0.6) is 0 Å². The molecule has 1 N–H and O–H groups in total. The van der Waals surface area contributed by atoms with Gasteiger partial charge in [-0.25, -0.2) is 4.79 Å². The van der Waals surface area contributed by atoms with Gasteiger partial charge in [-0.2, -0.15) is 0 Å². The summed E-state index contributed by atoms with van der Waals surface area (Å²) in [5.41, 5.74) is 0.763. The van der Waals surface area contributed by atoms with E-state index in [0.29, 0.717) is 30.2 Å². The van der Waals surface area contributed by atoms with Crippen molar-refractivity contribution in [3.8, 4) is 0 Å². The number of rotatable bonds is 5. The Labute approximate surface area is 156 Å². The highest BCUT2D eigenvalue weighted by molar-refractivity contribution is 7.98. The van der Waals surface area contributed by atoms with Gasteiger partial charge in [0.05, 0.1) is 29.8 Å². The molecule has 2 atom stereocenters. The zero-order valence-corrected chi connectivity index (χ0v) is 15.5. The quantitative estimate of drug-likeness (QED) is 0.806. The molecule has 6 nitrogen and oxygen atoms in total. The third-order valence-electron chi connectivity index (χ3n) is 4.16. The van der Waals surface area contributed by atoms with Gasteiger partial charge < -0.3 is 19.2 Å². The number of carbonyl (C=O) groups excluding carboxylic acids is 1. The van der Waals surface area contributed by atoms with E-state index in [4.69, 9.17) is 9.15 Å². The molecule has 1 aliphatic rings. The van der Waals surface area contributed by atoms with E-state index in [0.717, 1.165) is 4.90 Å². The summed E-state index contributed by atoms with van der Waals surface area (Å²) in [4.78, 5) is 26.8. The maximum Gasteiger partial charge on any atom is 0.339 e. The molecule has 1 fully saturated rings. The zero-order valence-electron chi connectivity index (χ0n) is 14.7. The fourth-order valence-corrected chi connectivity index (χ4v) is 4.07. The molecule has 7 heteroatoms. The summed E-state index contributed by atoms with van der Waals surface area (Å²) in [5, 5.41) is 9.17. The molecule has 0 saturated carbocycles. The van der Waals surface area contributed by atoms with Crippen LogP contribution >= 0.6 is 11.8 Å². The Morgan fingerprint density at radius 2 is 1.85 bits per heavy atom. The molecule has 1 saturated heterocycles. The molecule has 2 aromatic rings. The normalized spacial score (nSPS) is 20.2. The number of thioether (sulfide) groups is 1. The molecule has 0 bridgehead atoms. The standard InChI is InChI=1S/C19H21NO5S/c1-12-9-20(10-13(2)25-12)18(21)15-5-3-4-6-17(15)26-11-16-14(19(22)23)7-8-24-16/h3-8,12-13H,9-11H2,1-2H3,(H,22,23)/t12-,13+. The van der Waals surface area contributed by atoms with Gasteiger partial charge in [-0.3, -0.25) is 4.79 Å². The highest BCUT2D eigenvalue weighted by Gasteiger charge is 2.28. The Morgan fingerprint density at radius 3 is 2.54 bits per heavy atom. The summed E-state index contributed by atoms with van der Waals surface area (Å²) < 4.78 is 11.0. The van der Waals surface area contributed by atoms with Crippen molar-refractivity contribution in [2.24, 2.45) is 0 Å². The van der Waals surface area contributed by atoms with E-state index in [1.54, 1.807) is 6.07 Å². The van der Waals surface area contributed by atoms with Gasteiger partial charge in [0, 0.05) is 18.0 Å². The maximum atomic E-state index is 13.0. The lowest BCUT2D eigenvalue weighted by Gasteiger charge is -2.35. The first-order chi connectivity index (χ1) is 12.5. The number of carbonyl (C=O) groups is 2. The molecule has 26 heavy (non-hydrogen) atoms. The number of aromatic carboxylic acids is 1. The molecule has 1 amide bonds. The fraction of sp³-hybridized carbons (Fsp3) is 0.368. The van der Waals surface area contributed by atoms with E-state index >= 15 is 0 Å². The van der Waals surface area contributed by atoms with Gasteiger partial charge in [0.1, 0.15) is 11.3 Å². The Balaban J connectivity index is 1.76. The van der Waals surface area contributed by atoms with Gasteiger partial charge >= 0.3 is 5.97 Å². The number of furan rings is 1. The number of carboxylic acids is 1. The van der Waals surface area contributed by atoms with Crippen LogP contribution in [0.1, 0.15) is 40.3 Å². The SMILES string of the molecule is C[C@@H]1CN(C(=O)c2ccccc2SCc2occc2C(=O)O)C[C@H](C)O1. The van der Waals surface area contributed by atoms with Crippen molar-refractivity contribution in [3.63, 3.8) is 0 Å². The number of carboxylic acid groups (broad SMARTS) is 1. The first-order valence-electron chi connectivity index (χ1n) is 8.42. The van der Waals surface area contributed by atoms with E-state index in [9.17, 15) is 14.7 Å². The second kappa shape index (κ2) is 7.97. The van der Waals surface area contributed by atoms with Crippen molar-refractivity contribution < 1.29 is 23.8 Å². The van der Waals surface area contributed by atoms with Crippen LogP contribution in [-0.2, 0) is 10.5 Å². The van der Waals surface area contributed by atoms with Crippen molar-refractivity contribution in [2.75, 3.05) is 13.1 Å². The summed E-state index contributed by atoms with van der Waals surface area (Å²) in [6, 6.07) is 8.81. The minimum absolute atomic E-state index is 0.00348. The molecule has 138 valence electrons. The highest BCUT2D eigenvalue weighted by Crippen LogP contribution is 2.29. The molecular formula is C19H21NO5S. The molecule has 0 spiro atoms. The van der Waals surface area contributed by atoms with E-state index in [1.165, 1.54) is 24.1 Å². The van der Waals surface area contributed by atoms with Gasteiger partial charge in [-0.05, 0) is 32.0 Å². The van der Waals surface area contributed by atoms with Crippen LogP contribution in [0.25, 0.3) is 0 Å². The number of nitrogens with zero attached hydrogens (tertiary/aromatic N) is 1. The number of amides is 1. The maximum absolute atomic E-state index is 13.0. The average Bonchev–Trinajstić information content (AvgIpc) is 3.07. The van der Waals surface area contributed by atoms with Crippen LogP contribution in [-0.4, -0.2) is 47.2 Å². The Kier molecular flexibility index (Phi) is 5.68. The monoisotopic (exact) mass is 375 g/mol. The van der Waals surface area contributed by atoms with Crippen molar-refractivity contribution in [1.29, 1.82) is 0 Å². The second-order valence-corrected chi connectivity index (χ2v) is 7.33. The van der Waals surface area contributed by atoms with E-state index in [-0.39, 0.29) is 23.7 Å². The number of benzene rings is 1. The molecule has 0 aliphatic carbocycles. The van der Waals surface area contributed by atoms with E-state index in [2.05, 4.69) is 0 Å². The van der Waals surface area contributed by atoms with Gasteiger partial charge in [0.2, 0.25) is 0 Å². The lowest BCUT2D eigenvalue weighted by molar-refractivity contribution is -0.0586. The smallest absolute Gasteiger partial charge is 0.339 e. The van der Waals surface area contributed by atoms with Crippen molar-refractivity contribution in [1.82, 2.24) is 4.90 Å². The third-order valence-corrected chi connectivity index (χ3v) is 5.23. The predicted octanol–water partition coefficient (Wildman–Crippen LogP) is 3.52. The Hall–Kier alpha value is -2.25. The van der Waals surface area contributed by atoms with Crippen LogP contribution in [0.15, 0.2) is 45.9 Å². The van der Waals surface area contributed by atoms with Gasteiger partial charge in [-0.1, -0.05) is 12.1 Å². The largest absolute Gasteiger partial charge is 0.478 e. The lowest BCUT2D eigenvalue weighted by Crippen LogP contribution is -2.48. The molecule has 3 rings (SSSR count). The summed E-state index contributed by atoms with van der Waals surface area (Å²) in [5.74, 6) is -0.323. The van der Waals surface area contributed by atoms with Gasteiger partial charge in [0.15, 0.2) is 0 Å². The van der Waals surface area contributed by atoms with Gasteiger partial charge in [-0.15, -0.1) is 11.8 Å². The minimum atomic E-state index is -1.02. The van der Waals surface area contributed by atoms with Crippen LogP contribution in [0, 0.1) is 0 Å². The van der Waals surface area contributed by atoms with Crippen molar-refractivity contribution in [2.45, 2.75) is 36.7 Å². The van der Waals surface area contributed by atoms with Crippen LogP contribution < -0.4 is 0 Å². The lowest BCUT2D eigenvalue weighted by atomic mass is 10.1. The first kappa shape index (κ1) is 18.5. The molecule has 0 unspecified atom stereocenters. The third kappa shape index (κ3) is 4.11. The van der Waals surface area contributed by atoms with E-state index < -0.39 is 5.97 Å². The molecular weight excluding hydrogens is 354 g/mol.